The monoisotopic (exact) mass is 284 g/mol. The summed E-state index contributed by atoms with van der Waals surface area (Å²) in [7, 11) is 0. The van der Waals surface area contributed by atoms with Crippen LogP contribution in [0.15, 0.2) is 43.5 Å². The van der Waals surface area contributed by atoms with Crippen LogP contribution >= 0.6 is 0 Å². The molecule has 3 aromatic carbocycles. The van der Waals surface area contributed by atoms with E-state index in [1.54, 1.807) is 0 Å². The second-order valence-electron chi connectivity index (χ2n) is 5.89. The average Bonchev–Trinajstić information content (AvgIpc) is 2.51. The van der Waals surface area contributed by atoms with Gasteiger partial charge in [-0.2, -0.15) is 0 Å². The van der Waals surface area contributed by atoms with Crippen LogP contribution in [0.4, 0.5) is 0 Å². The third kappa shape index (κ3) is 1.84. The second-order valence-corrected chi connectivity index (χ2v) is 5.89. The standard InChI is InChI=1S/C22H20/c1-7-17-14(4)11-12-20-19-10-8-9-18(13(2)3)22(19)16(6)15(5)21(17)20/h7-12H,1-2,5-6H2,3-4H3. The van der Waals surface area contributed by atoms with Crippen molar-refractivity contribution in [2.45, 2.75) is 13.8 Å². The van der Waals surface area contributed by atoms with Crippen LogP contribution in [0.5, 0.6) is 0 Å². The van der Waals surface area contributed by atoms with Crippen molar-refractivity contribution in [3.63, 3.8) is 0 Å². The predicted molar refractivity (Wildman–Crippen MR) is 101 cm³/mol. The Labute approximate surface area is 131 Å². The zero-order valence-corrected chi connectivity index (χ0v) is 13.3. The smallest absolute Gasteiger partial charge is 0.00301 e. The summed E-state index contributed by atoms with van der Waals surface area (Å²) in [5, 5.41) is 6.69. The SMILES string of the molecule is C=Cc1c(C)ccc2c1c(=C)c(=C)c1c(C(=C)C)cccc12. The lowest BCUT2D eigenvalue weighted by molar-refractivity contribution is 1.47. The zero-order valence-electron chi connectivity index (χ0n) is 13.3. The number of allylic oxidation sites excluding steroid dienone is 1. The van der Waals surface area contributed by atoms with Crippen LogP contribution in [0.25, 0.3) is 46.4 Å². The molecule has 0 aliphatic rings. The van der Waals surface area contributed by atoms with E-state index in [2.05, 4.69) is 63.6 Å². The number of aryl methyl sites for hydroxylation is 1. The Kier molecular flexibility index (Phi) is 3.26. The highest BCUT2D eigenvalue weighted by molar-refractivity contribution is 6.12. The topological polar surface area (TPSA) is 0 Å². The molecule has 0 aliphatic carbocycles. The minimum Gasteiger partial charge on any atom is -0.0984 e. The van der Waals surface area contributed by atoms with Crippen molar-refractivity contribution in [1.29, 1.82) is 0 Å². The number of hydrogen-bond donors (Lipinski definition) is 0. The molecule has 22 heavy (non-hydrogen) atoms. The summed E-state index contributed by atoms with van der Waals surface area (Å²) in [4.78, 5) is 0. The summed E-state index contributed by atoms with van der Waals surface area (Å²) in [6.07, 6.45) is 1.92. The van der Waals surface area contributed by atoms with E-state index in [-0.39, 0.29) is 0 Å². The summed E-state index contributed by atoms with van der Waals surface area (Å²) in [6.45, 7) is 20.8. The molecule has 108 valence electrons. The quantitative estimate of drug-likeness (QED) is 0.593. The Morgan fingerprint density at radius 3 is 2.23 bits per heavy atom. The molecule has 0 spiro atoms. The van der Waals surface area contributed by atoms with Crippen molar-refractivity contribution in [3.05, 3.63) is 70.6 Å². The lowest BCUT2D eigenvalue weighted by Gasteiger charge is -2.14. The van der Waals surface area contributed by atoms with Gasteiger partial charge in [0.05, 0.1) is 0 Å². The Bertz CT molecular complexity index is 1050. The van der Waals surface area contributed by atoms with E-state index in [1.165, 1.54) is 16.3 Å². The van der Waals surface area contributed by atoms with Crippen LogP contribution in [0.3, 0.4) is 0 Å². The molecule has 0 nitrogen and oxygen atoms in total. The maximum absolute atomic E-state index is 4.31. The van der Waals surface area contributed by atoms with Crippen molar-refractivity contribution >= 4 is 46.4 Å². The summed E-state index contributed by atoms with van der Waals surface area (Å²) in [5.74, 6) is 0. The third-order valence-corrected chi connectivity index (χ3v) is 4.45. The summed E-state index contributed by atoms with van der Waals surface area (Å²) in [6, 6.07) is 10.7. The van der Waals surface area contributed by atoms with E-state index < -0.39 is 0 Å². The highest BCUT2D eigenvalue weighted by atomic mass is 14.1. The predicted octanol–water partition coefficient (Wildman–Crippen LogP) is 4.80. The molecule has 0 bridgehead atoms. The summed E-state index contributed by atoms with van der Waals surface area (Å²) in [5.41, 5.74) is 4.55. The second kappa shape index (κ2) is 4.99. The summed E-state index contributed by atoms with van der Waals surface area (Å²) >= 11 is 0. The molecule has 0 saturated carbocycles. The number of hydrogen-bond acceptors (Lipinski definition) is 0. The molecule has 0 fully saturated rings. The van der Waals surface area contributed by atoms with Crippen molar-refractivity contribution in [2.24, 2.45) is 0 Å². The first-order chi connectivity index (χ1) is 10.5. The molecule has 0 unspecified atom stereocenters. The van der Waals surface area contributed by atoms with E-state index in [4.69, 9.17) is 0 Å². The molecule has 0 N–H and O–H groups in total. The first-order valence-corrected chi connectivity index (χ1v) is 7.41. The van der Waals surface area contributed by atoms with Gasteiger partial charge in [-0.1, -0.05) is 68.3 Å². The summed E-state index contributed by atoms with van der Waals surface area (Å²) < 4.78 is 0. The Hall–Kier alpha value is -2.60. The fourth-order valence-corrected chi connectivity index (χ4v) is 3.30. The lowest BCUT2D eigenvalue weighted by Crippen LogP contribution is -2.25. The van der Waals surface area contributed by atoms with E-state index in [0.29, 0.717) is 0 Å². The molecule has 3 aromatic rings. The highest BCUT2D eigenvalue weighted by Crippen LogP contribution is 2.29. The van der Waals surface area contributed by atoms with Crippen molar-refractivity contribution in [2.75, 3.05) is 0 Å². The number of benzene rings is 3. The fraction of sp³-hybridized carbons (Fsp3) is 0.0909. The molecular weight excluding hydrogens is 264 g/mol. The normalized spacial score (nSPS) is 11.0. The van der Waals surface area contributed by atoms with E-state index in [0.717, 1.165) is 37.9 Å². The van der Waals surface area contributed by atoms with Crippen molar-refractivity contribution in [3.8, 4) is 0 Å². The molecule has 0 aromatic heterocycles. The van der Waals surface area contributed by atoms with Crippen LogP contribution in [0.2, 0.25) is 0 Å². The van der Waals surface area contributed by atoms with Gasteiger partial charge in [-0.15, -0.1) is 0 Å². The largest absolute Gasteiger partial charge is 0.0984 e. The average molecular weight is 284 g/mol. The van der Waals surface area contributed by atoms with Crippen LogP contribution < -0.4 is 10.4 Å². The molecular formula is C22H20. The highest BCUT2D eigenvalue weighted by Gasteiger charge is 2.11. The third-order valence-electron chi connectivity index (χ3n) is 4.45. The van der Waals surface area contributed by atoms with Gasteiger partial charge in [0, 0.05) is 0 Å². The Balaban J connectivity index is 2.75. The molecule has 0 atom stereocenters. The molecule has 0 radical (unpaired) electrons. The van der Waals surface area contributed by atoms with Crippen LogP contribution in [-0.2, 0) is 0 Å². The maximum atomic E-state index is 4.31. The van der Waals surface area contributed by atoms with Gasteiger partial charge in [0.25, 0.3) is 0 Å². The maximum Gasteiger partial charge on any atom is -0.00301 e. The Morgan fingerprint density at radius 1 is 0.955 bits per heavy atom. The van der Waals surface area contributed by atoms with Crippen LogP contribution in [-0.4, -0.2) is 0 Å². The van der Waals surface area contributed by atoms with E-state index in [1.807, 2.05) is 13.0 Å². The first kappa shape index (κ1) is 14.3. The molecule has 0 heteroatoms. The van der Waals surface area contributed by atoms with Gasteiger partial charge < -0.3 is 0 Å². The lowest BCUT2D eigenvalue weighted by atomic mass is 9.90. The zero-order chi connectivity index (χ0) is 16.0. The minimum absolute atomic E-state index is 0.981. The molecule has 3 rings (SSSR count). The van der Waals surface area contributed by atoms with Crippen LogP contribution in [0.1, 0.15) is 23.6 Å². The van der Waals surface area contributed by atoms with Gasteiger partial charge in [0.2, 0.25) is 0 Å². The van der Waals surface area contributed by atoms with Gasteiger partial charge in [0.15, 0.2) is 0 Å². The Morgan fingerprint density at radius 2 is 1.59 bits per heavy atom. The fourth-order valence-electron chi connectivity index (χ4n) is 3.30. The number of rotatable bonds is 2. The van der Waals surface area contributed by atoms with Gasteiger partial charge in [-0.3, -0.25) is 0 Å². The molecule has 0 heterocycles. The molecule has 0 saturated heterocycles. The first-order valence-electron chi connectivity index (χ1n) is 7.41. The van der Waals surface area contributed by atoms with Crippen LogP contribution in [0, 0.1) is 6.92 Å². The van der Waals surface area contributed by atoms with Crippen molar-refractivity contribution < 1.29 is 0 Å². The number of fused-ring (bicyclic) bond motifs is 3. The molecule has 0 amide bonds. The van der Waals surface area contributed by atoms with E-state index >= 15 is 0 Å². The van der Waals surface area contributed by atoms with Gasteiger partial charge in [-0.25, -0.2) is 0 Å². The van der Waals surface area contributed by atoms with E-state index in [9.17, 15) is 0 Å². The van der Waals surface area contributed by atoms with Gasteiger partial charge >= 0.3 is 0 Å². The molecule has 0 aliphatic heterocycles. The minimum atomic E-state index is 0.981. The van der Waals surface area contributed by atoms with Crippen molar-refractivity contribution in [1.82, 2.24) is 0 Å². The van der Waals surface area contributed by atoms with Gasteiger partial charge in [-0.05, 0) is 62.5 Å². The van der Waals surface area contributed by atoms with Gasteiger partial charge in [0.1, 0.15) is 0 Å².